The van der Waals surface area contributed by atoms with E-state index in [-0.39, 0.29) is 18.0 Å². The van der Waals surface area contributed by atoms with Gasteiger partial charge in [-0.1, -0.05) is 0 Å². The molecule has 0 bridgehead atoms. The van der Waals surface area contributed by atoms with E-state index in [1.54, 1.807) is 0 Å². The van der Waals surface area contributed by atoms with E-state index >= 15 is 0 Å². The van der Waals surface area contributed by atoms with Crippen LogP contribution < -0.4 is 5.32 Å². The molecule has 0 aromatic heterocycles. The van der Waals surface area contributed by atoms with Gasteiger partial charge in [-0.25, -0.2) is 17.1 Å². The van der Waals surface area contributed by atoms with Crippen LogP contribution in [0.5, 0.6) is 0 Å². The molecular weight excluding hydrogens is 277 g/mol. The van der Waals surface area contributed by atoms with Crippen LogP contribution in [0, 0.1) is 15.9 Å². The maximum absolute atomic E-state index is 12.9. The molecule has 1 aromatic rings. The second kappa shape index (κ2) is 5.93. The van der Waals surface area contributed by atoms with Crippen LogP contribution in [-0.4, -0.2) is 44.0 Å². The number of nitrogens with one attached hydrogen (secondary N) is 1. The standard InChI is InChI=1S/C10H14FN3O4S/c1-13(2)19(17,18)6-5-12-9-4-3-8(11)7-10(9)14(15)16/h3-4,7,12H,5-6H2,1-2H3. The summed E-state index contributed by atoms with van der Waals surface area (Å²) in [6.07, 6.45) is 0. The molecule has 0 unspecified atom stereocenters. The zero-order valence-electron chi connectivity index (χ0n) is 10.5. The van der Waals surface area contributed by atoms with E-state index < -0.39 is 26.5 Å². The Bertz CT molecular complexity index is 574. The lowest BCUT2D eigenvalue weighted by Gasteiger charge is -2.12. The quantitative estimate of drug-likeness (QED) is 0.624. The molecule has 1 rings (SSSR count). The van der Waals surface area contributed by atoms with Crippen LogP contribution in [0.4, 0.5) is 15.8 Å². The molecule has 0 spiro atoms. The van der Waals surface area contributed by atoms with E-state index in [0.717, 1.165) is 16.4 Å². The van der Waals surface area contributed by atoms with Crippen LogP contribution in [0.3, 0.4) is 0 Å². The van der Waals surface area contributed by atoms with Gasteiger partial charge in [-0.05, 0) is 12.1 Å². The Morgan fingerprint density at radius 2 is 2.05 bits per heavy atom. The van der Waals surface area contributed by atoms with Gasteiger partial charge >= 0.3 is 0 Å². The first-order valence-electron chi connectivity index (χ1n) is 5.32. The van der Waals surface area contributed by atoms with Crippen molar-refractivity contribution >= 4 is 21.4 Å². The van der Waals surface area contributed by atoms with Crippen LogP contribution in [0.25, 0.3) is 0 Å². The number of benzene rings is 1. The van der Waals surface area contributed by atoms with Gasteiger partial charge in [0.1, 0.15) is 11.5 Å². The lowest BCUT2D eigenvalue weighted by molar-refractivity contribution is -0.384. The van der Waals surface area contributed by atoms with Gasteiger partial charge in [-0.15, -0.1) is 0 Å². The predicted octanol–water partition coefficient (Wildman–Crippen LogP) is 1.04. The van der Waals surface area contributed by atoms with Crippen molar-refractivity contribution in [3.8, 4) is 0 Å². The first-order chi connectivity index (χ1) is 8.74. The van der Waals surface area contributed by atoms with Crippen molar-refractivity contribution in [3.63, 3.8) is 0 Å². The van der Waals surface area contributed by atoms with Crippen molar-refractivity contribution in [2.24, 2.45) is 0 Å². The first-order valence-corrected chi connectivity index (χ1v) is 6.93. The van der Waals surface area contributed by atoms with Crippen LogP contribution in [0.15, 0.2) is 18.2 Å². The van der Waals surface area contributed by atoms with Gasteiger partial charge in [0, 0.05) is 20.6 Å². The minimum absolute atomic E-state index is 0.00696. The molecule has 0 heterocycles. The van der Waals surface area contributed by atoms with Crippen LogP contribution in [0.2, 0.25) is 0 Å². The Labute approximate surface area is 110 Å². The number of nitrogens with zero attached hydrogens (tertiary/aromatic N) is 2. The van der Waals surface area contributed by atoms with E-state index in [9.17, 15) is 22.9 Å². The minimum Gasteiger partial charge on any atom is -0.378 e. The fourth-order valence-electron chi connectivity index (χ4n) is 1.30. The molecule has 0 aliphatic rings. The number of sulfonamides is 1. The summed E-state index contributed by atoms with van der Waals surface area (Å²) in [6, 6.07) is 3.05. The van der Waals surface area contributed by atoms with Gasteiger partial charge < -0.3 is 5.32 Å². The molecular formula is C10H14FN3O4S. The third-order valence-electron chi connectivity index (χ3n) is 2.39. The topological polar surface area (TPSA) is 92.6 Å². The van der Waals surface area contributed by atoms with Gasteiger partial charge in [-0.3, -0.25) is 10.1 Å². The van der Waals surface area contributed by atoms with Gasteiger partial charge in [0.25, 0.3) is 5.69 Å². The molecule has 1 N–H and O–H groups in total. The first kappa shape index (κ1) is 15.3. The molecule has 19 heavy (non-hydrogen) atoms. The molecule has 0 aliphatic heterocycles. The summed E-state index contributed by atoms with van der Waals surface area (Å²) in [7, 11) is -0.586. The fraction of sp³-hybridized carbons (Fsp3) is 0.400. The summed E-state index contributed by atoms with van der Waals surface area (Å²) in [4.78, 5) is 9.98. The molecule has 0 saturated heterocycles. The smallest absolute Gasteiger partial charge is 0.295 e. The highest BCUT2D eigenvalue weighted by Gasteiger charge is 2.17. The number of halogens is 1. The van der Waals surface area contributed by atoms with Gasteiger partial charge in [0.15, 0.2) is 0 Å². The fourth-order valence-corrected chi connectivity index (χ4v) is 2.03. The lowest BCUT2D eigenvalue weighted by Crippen LogP contribution is -2.28. The molecule has 0 radical (unpaired) electrons. The monoisotopic (exact) mass is 291 g/mol. The van der Waals surface area contributed by atoms with E-state index in [4.69, 9.17) is 0 Å². The molecule has 0 saturated carbocycles. The molecule has 1 aromatic carbocycles. The van der Waals surface area contributed by atoms with E-state index in [2.05, 4.69) is 5.32 Å². The Balaban J connectivity index is 2.77. The highest BCUT2D eigenvalue weighted by molar-refractivity contribution is 7.89. The molecule has 0 atom stereocenters. The van der Waals surface area contributed by atoms with Crippen LogP contribution >= 0.6 is 0 Å². The van der Waals surface area contributed by atoms with E-state index in [1.807, 2.05) is 0 Å². The minimum atomic E-state index is -3.38. The third kappa shape index (κ3) is 4.14. The zero-order valence-corrected chi connectivity index (χ0v) is 11.3. The lowest BCUT2D eigenvalue weighted by atomic mass is 10.2. The maximum Gasteiger partial charge on any atom is 0.295 e. The van der Waals surface area contributed by atoms with Gasteiger partial charge in [0.2, 0.25) is 10.0 Å². The normalized spacial score (nSPS) is 11.6. The number of hydrogen-bond acceptors (Lipinski definition) is 5. The summed E-state index contributed by atoms with van der Waals surface area (Å²) in [5, 5.41) is 13.3. The van der Waals surface area contributed by atoms with Crippen molar-refractivity contribution in [1.29, 1.82) is 0 Å². The number of hydrogen-bond donors (Lipinski definition) is 1. The van der Waals surface area contributed by atoms with E-state index in [0.29, 0.717) is 0 Å². The van der Waals surface area contributed by atoms with Gasteiger partial charge in [-0.2, -0.15) is 0 Å². The van der Waals surface area contributed by atoms with Crippen molar-refractivity contribution in [1.82, 2.24) is 4.31 Å². The summed E-state index contributed by atoms with van der Waals surface area (Å²) in [6.45, 7) is -0.00696. The third-order valence-corrected chi connectivity index (χ3v) is 4.22. The number of nitro benzene ring substituents is 1. The summed E-state index contributed by atoms with van der Waals surface area (Å²) in [5.74, 6) is -0.938. The average molecular weight is 291 g/mol. The molecule has 9 heteroatoms. The zero-order chi connectivity index (χ0) is 14.6. The summed E-state index contributed by atoms with van der Waals surface area (Å²) < 4.78 is 36.9. The summed E-state index contributed by atoms with van der Waals surface area (Å²) >= 11 is 0. The molecule has 7 nitrogen and oxygen atoms in total. The van der Waals surface area contributed by atoms with Gasteiger partial charge in [0.05, 0.1) is 16.7 Å². The Morgan fingerprint density at radius 1 is 1.42 bits per heavy atom. The SMILES string of the molecule is CN(C)S(=O)(=O)CCNc1ccc(F)cc1[N+](=O)[O-]. The van der Waals surface area contributed by atoms with Crippen LogP contribution in [-0.2, 0) is 10.0 Å². The molecule has 0 amide bonds. The second-order valence-corrected chi connectivity index (χ2v) is 6.25. The number of nitro groups is 1. The van der Waals surface area contributed by atoms with Crippen molar-refractivity contribution in [3.05, 3.63) is 34.1 Å². The largest absolute Gasteiger partial charge is 0.378 e. The number of anilines is 1. The average Bonchev–Trinajstić information content (AvgIpc) is 2.30. The van der Waals surface area contributed by atoms with Crippen molar-refractivity contribution < 1.29 is 17.7 Å². The highest BCUT2D eigenvalue weighted by Crippen LogP contribution is 2.24. The Morgan fingerprint density at radius 3 is 2.58 bits per heavy atom. The second-order valence-electron chi connectivity index (χ2n) is 3.94. The molecule has 0 aliphatic carbocycles. The predicted molar refractivity (Wildman–Crippen MR) is 69.0 cm³/mol. The Hall–Kier alpha value is -1.74. The van der Waals surface area contributed by atoms with Crippen molar-refractivity contribution in [2.45, 2.75) is 0 Å². The van der Waals surface area contributed by atoms with E-state index in [1.165, 1.54) is 20.2 Å². The molecule has 0 fully saturated rings. The highest BCUT2D eigenvalue weighted by atomic mass is 32.2. The van der Waals surface area contributed by atoms with Crippen molar-refractivity contribution in [2.75, 3.05) is 31.7 Å². The van der Waals surface area contributed by atoms with Crippen LogP contribution in [0.1, 0.15) is 0 Å². The maximum atomic E-state index is 12.9. The summed E-state index contributed by atoms with van der Waals surface area (Å²) in [5.41, 5.74) is -0.345. The number of rotatable bonds is 6. The Kier molecular flexibility index (Phi) is 4.78. The molecule has 106 valence electrons.